The molecule has 2 N–H and O–H groups in total. The summed E-state index contributed by atoms with van der Waals surface area (Å²) in [6.45, 7) is 0. The molecule has 21 heavy (non-hydrogen) atoms. The molecule has 1 aliphatic rings. The first-order valence-electron chi connectivity index (χ1n) is 6.72. The van der Waals surface area contributed by atoms with E-state index in [1.54, 1.807) is 30.3 Å². The van der Waals surface area contributed by atoms with Gasteiger partial charge in [0.1, 0.15) is 0 Å². The van der Waals surface area contributed by atoms with Gasteiger partial charge in [-0.15, -0.1) is 0 Å². The first-order valence-corrected chi connectivity index (χ1v) is 6.72. The molecule has 108 valence electrons. The van der Waals surface area contributed by atoms with Crippen molar-refractivity contribution in [3.63, 3.8) is 0 Å². The summed E-state index contributed by atoms with van der Waals surface area (Å²) in [6.07, 6.45) is 2.30. The molecule has 6 nitrogen and oxygen atoms in total. The Morgan fingerprint density at radius 3 is 2.62 bits per heavy atom. The third-order valence-corrected chi connectivity index (χ3v) is 3.41. The predicted octanol–water partition coefficient (Wildman–Crippen LogP) is 2.33. The normalized spacial score (nSPS) is 13.8. The Kier molecular flexibility index (Phi) is 3.43. The number of ether oxygens (including phenoxy) is 1. The van der Waals surface area contributed by atoms with Crippen LogP contribution in [0.3, 0.4) is 0 Å². The standard InChI is InChI=1S/C15H15N3O3/c1-21-15(20)10-4-6-11(7-5-10)16-14(19)13-8-12(17-18-13)9-2-3-9/h4-9H,2-3H2,1H3,(H,16,19)(H,17,18). The summed E-state index contributed by atoms with van der Waals surface area (Å²) in [5, 5.41) is 9.66. The number of carbonyl (C=O) groups is 2. The summed E-state index contributed by atoms with van der Waals surface area (Å²) in [4.78, 5) is 23.4. The van der Waals surface area contributed by atoms with Crippen molar-refractivity contribution in [3.05, 3.63) is 47.3 Å². The molecule has 0 aliphatic heterocycles. The van der Waals surface area contributed by atoms with E-state index in [0.717, 1.165) is 18.5 Å². The van der Waals surface area contributed by atoms with Gasteiger partial charge in [-0.05, 0) is 43.2 Å². The lowest BCUT2D eigenvalue weighted by molar-refractivity contribution is 0.0600. The van der Waals surface area contributed by atoms with Crippen LogP contribution in [0.1, 0.15) is 45.3 Å². The van der Waals surface area contributed by atoms with Crippen LogP contribution in [0.25, 0.3) is 0 Å². The van der Waals surface area contributed by atoms with E-state index in [4.69, 9.17) is 0 Å². The van der Waals surface area contributed by atoms with E-state index in [0.29, 0.717) is 22.9 Å². The topological polar surface area (TPSA) is 84.1 Å². The van der Waals surface area contributed by atoms with Gasteiger partial charge in [0.15, 0.2) is 5.69 Å². The molecule has 0 saturated heterocycles. The van der Waals surface area contributed by atoms with Crippen molar-refractivity contribution < 1.29 is 14.3 Å². The molecule has 3 rings (SSSR count). The zero-order chi connectivity index (χ0) is 14.8. The van der Waals surface area contributed by atoms with Gasteiger partial charge in [-0.25, -0.2) is 4.79 Å². The molecule has 1 heterocycles. The Bertz CT molecular complexity index is 672. The molecular weight excluding hydrogens is 270 g/mol. The summed E-state index contributed by atoms with van der Waals surface area (Å²) in [5.74, 6) is -0.156. The molecule has 0 radical (unpaired) electrons. The van der Waals surface area contributed by atoms with Gasteiger partial charge in [-0.1, -0.05) is 0 Å². The zero-order valence-electron chi connectivity index (χ0n) is 11.6. The van der Waals surface area contributed by atoms with Crippen molar-refractivity contribution >= 4 is 17.6 Å². The average molecular weight is 285 g/mol. The number of carbonyl (C=O) groups excluding carboxylic acids is 2. The Balaban J connectivity index is 1.67. The fourth-order valence-corrected chi connectivity index (χ4v) is 2.06. The van der Waals surface area contributed by atoms with Crippen LogP contribution in [0.15, 0.2) is 30.3 Å². The maximum Gasteiger partial charge on any atom is 0.337 e. The molecule has 0 spiro atoms. The van der Waals surface area contributed by atoms with Crippen molar-refractivity contribution in [2.24, 2.45) is 0 Å². The van der Waals surface area contributed by atoms with Gasteiger partial charge >= 0.3 is 5.97 Å². The van der Waals surface area contributed by atoms with Crippen LogP contribution in [0.4, 0.5) is 5.69 Å². The summed E-state index contributed by atoms with van der Waals surface area (Å²) in [7, 11) is 1.33. The van der Waals surface area contributed by atoms with E-state index in [1.807, 2.05) is 0 Å². The lowest BCUT2D eigenvalue weighted by Crippen LogP contribution is -2.12. The fourth-order valence-electron chi connectivity index (χ4n) is 2.06. The number of amides is 1. The molecule has 1 aromatic carbocycles. The van der Waals surface area contributed by atoms with Crippen LogP contribution in [-0.4, -0.2) is 29.2 Å². The maximum absolute atomic E-state index is 12.1. The third-order valence-electron chi connectivity index (χ3n) is 3.41. The van der Waals surface area contributed by atoms with Crippen molar-refractivity contribution in [3.8, 4) is 0 Å². The van der Waals surface area contributed by atoms with Gasteiger partial charge in [0, 0.05) is 17.3 Å². The minimum absolute atomic E-state index is 0.274. The second kappa shape index (κ2) is 5.40. The van der Waals surface area contributed by atoms with Crippen LogP contribution in [-0.2, 0) is 4.74 Å². The third kappa shape index (κ3) is 2.94. The van der Waals surface area contributed by atoms with E-state index < -0.39 is 5.97 Å². The first-order chi connectivity index (χ1) is 10.2. The number of methoxy groups -OCH3 is 1. The van der Waals surface area contributed by atoms with Gasteiger partial charge in [0.25, 0.3) is 5.91 Å². The number of benzene rings is 1. The Labute approximate surface area is 121 Å². The largest absolute Gasteiger partial charge is 0.465 e. The molecule has 1 fully saturated rings. The summed E-state index contributed by atoms with van der Waals surface area (Å²) in [5.41, 5.74) is 2.42. The van der Waals surface area contributed by atoms with Gasteiger partial charge < -0.3 is 10.1 Å². The smallest absolute Gasteiger partial charge is 0.337 e. The second-order valence-electron chi connectivity index (χ2n) is 5.01. The number of H-pyrrole nitrogens is 1. The lowest BCUT2D eigenvalue weighted by Gasteiger charge is -2.04. The molecular formula is C15H15N3O3. The molecule has 2 aromatic rings. The monoisotopic (exact) mass is 285 g/mol. The van der Waals surface area contributed by atoms with E-state index in [2.05, 4.69) is 20.3 Å². The number of esters is 1. The lowest BCUT2D eigenvalue weighted by atomic mass is 10.2. The minimum atomic E-state index is -0.408. The molecule has 1 aromatic heterocycles. The number of nitrogens with one attached hydrogen (secondary N) is 2. The predicted molar refractivity (Wildman–Crippen MR) is 76.3 cm³/mol. The quantitative estimate of drug-likeness (QED) is 0.844. The van der Waals surface area contributed by atoms with Crippen molar-refractivity contribution in [2.45, 2.75) is 18.8 Å². The zero-order valence-corrected chi connectivity index (χ0v) is 11.6. The molecule has 6 heteroatoms. The Hall–Kier alpha value is -2.63. The highest BCUT2D eigenvalue weighted by atomic mass is 16.5. The van der Waals surface area contributed by atoms with Crippen LogP contribution in [0.2, 0.25) is 0 Å². The molecule has 0 atom stereocenters. The van der Waals surface area contributed by atoms with Gasteiger partial charge in [-0.2, -0.15) is 5.10 Å². The molecule has 0 unspecified atom stereocenters. The number of hydrogen-bond acceptors (Lipinski definition) is 4. The second-order valence-corrected chi connectivity index (χ2v) is 5.01. The van der Waals surface area contributed by atoms with Gasteiger partial charge in [0.05, 0.1) is 12.7 Å². The van der Waals surface area contributed by atoms with Crippen LogP contribution in [0, 0.1) is 0 Å². The summed E-state index contributed by atoms with van der Waals surface area (Å²) >= 11 is 0. The highest BCUT2D eigenvalue weighted by Crippen LogP contribution is 2.39. The summed E-state index contributed by atoms with van der Waals surface area (Å²) in [6, 6.07) is 8.29. The fraction of sp³-hybridized carbons (Fsp3) is 0.267. The number of hydrogen-bond donors (Lipinski definition) is 2. The number of nitrogens with zero attached hydrogens (tertiary/aromatic N) is 1. The van der Waals surface area contributed by atoms with E-state index in [9.17, 15) is 9.59 Å². The summed E-state index contributed by atoms with van der Waals surface area (Å²) < 4.78 is 4.62. The number of rotatable bonds is 4. The Morgan fingerprint density at radius 2 is 2.00 bits per heavy atom. The number of anilines is 1. The van der Waals surface area contributed by atoms with Gasteiger partial charge in [0.2, 0.25) is 0 Å². The van der Waals surface area contributed by atoms with Crippen molar-refractivity contribution in [1.82, 2.24) is 10.2 Å². The molecule has 1 amide bonds. The Morgan fingerprint density at radius 1 is 1.29 bits per heavy atom. The minimum Gasteiger partial charge on any atom is -0.465 e. The van der Waals surface area contributed by atoms with Gasteiger partial charge in [-0.3, -0.25) is 9.89 Å². The average Bonchev–Trinajstić information content (AvgIpc) is 3.24. The van der Waals surface area contributed by atoms with Crippen LogP contribution < -0.4 is 5.32 Å². The molecule has 1 saturated carbocycles. The van der Waals surface area contributed by atoms with E-state index in [-0.39, 0.29) is 5.91 Å². The molecule has 0 bridgehead atoms. The van der Waals surface area contributed by atoms with E-state index >= 15 is 0 Å². The van der Waals surface area contributed by atoms with Crippen molar-refractivity contribution in [2.75, 3.05) is 12.4 Å². The van der Waals surface area contributed by atoms with Crippen molar-refractivity contribution in [1.29, 1.82) is 0 Å². The highest BCUT2D eigenvalue weighted by molar-refractivity contribution is 6.03. The van der Waals surface area contributed by atoms with E-state index in [1.165, 1.54) is 7.11 Å². The maximum atomic E-state index is 12.1. The number of aromatic nitrogens is 2. The van der Waals surface area contributed by atoms with Crippen LogP contribution >= 0.6 is 0 Å². The molecule has 1 aliphatic carbocycles. The first kappa shape index (κ1) is 13.4. The number of aromatic amines is 1. The van der Waals surface area contributed by atoms with Crippen LogP contribution in [0.5, 0.6) is 0 Å². The highest BCUT2D eigenvalue weighted by Gasteiger charge is 2.26. The SMILES string of the molecule is COC(=O)c1ccc(NC(=O)c2cc(C3CC3)[nH]n2)cc1.